The summed E-state index contributed by atoms with van der Waals surface area (Å²) in [6.07, 6.45) is 2.55. The molecule has 0 saturated carbocycles. The van der Waals surface area contributed by atoms with Crippen molar-refractivity contribution < 1.29 is 9.53 Å². The molecule has 0 bridgehead atoms. The molecule has 0 radical (unpaired) electrons. The Morgan fingerprint density at radius 2 is 1.73 bits per heavy atom. The summed E-state index contributed by atoms with van der Waals surface area (Å²) in [7, 11) is 1.56. The van der Waals surface area contributed by atoms with Gasteiger partial charge in [0.2, 0.25) is 0 Å². The number of nitrogens with zero attached hydrogens (tertiary/aromatic N) is 3. The lowest BCUT2D eigenvalue weighted by molar-refractivity contribution is 0.0756. The molecule has 0 fully saturated rings. The predicted molar refractivity (Wildman–Crippen MR) is 102 cm³/mol. The van der Waals surface area contributed by atoms with E-state index in [2.05, 4.69) is 17.2 Å². The second-order valence-electron chi connectivity index (χ2n) is 5.95. The van der Waals surface area contributed by atoms with Crippen LogP contribution in [0.2, 0.25) is 0 Å². The van der Waals surface area contributed by atoms with E-state index in [0.717, 1.165) is 12.1 Å². The Balaban J connectivity index is 1.79. The van der Waals surface area contributed by atoms with Gasteiger partial charge in [0.15, 0.2) is 11.4 Å². The van der Waals surface area contributed by atoms with Crippen LogP contribution in [0.25, 0.3) is 5.69 Å². The van der Waals surface area contributed by atoms with Gasteiger partial charge >= 0.3 is 0 Å². The normalized spacial score (nSPS) is 10.5. The SMILES string of the molecule is CCN(CCc1ccccc1)C(=O)c1nn(-c2ccccc2)cc1OC. The van der Waals surface area contributed by atoms with Gasteiger partial charge in [-0.05, 0) is 31.0 Å². The van der Waals surface area contributed by atoms with E-state index in [4.69, 9.17) is 4.74 Å². The van der Waals surface area contributed by atoms with Crippen LogP contribution in [0.5, 0.6) is 5.75 Å². The molecule has 1 heterocycles. The fourth-order valence-electron chi connectivity index (χ4n) is 2.83. The van der Waals surface area contributed by atoms with Crippen LogP contribution in [0.1, 0.15) is 23.0 Å². The highest BCUT2D eigenvalue weighted by molar-refractivity contribution is 5.95. The quantitative estimate of drug-likeness (QED) is 0.655. The topological polar surface area (TPSA) is 47.4 Å². The third kappa shape index (κ3) is 3.94. The second-order valence-corrected chi connectivity index (χ2v) is 5.95. The van der Waals surface area contributed by atoms with Gasteiger partial charge in [0.1, 0.15) is 0 Å². The monoisotopic (exact) mass is 349 g/mol. The van der Waals surface area contributed by atoms with E-state index in [1.807, 2.05) is 55.5 Å². The minimum Gasteiger partial charge on any atom is -0.493 e. The summed E-state index contributed by atoms with van der Waals surface area (Å²) in [4.78, 5) is 14.8. The van der Waals surface area contributed by atoms with E-state index in [1.54, 1.807) is 22.9 Å². The van der Waals surface area contributed by atoms with Gasteiger partial charge in [-0.1, -0.05) is 48.5 Å². The molecular weight excluding hydrogens is 326 g/mol. The van der Waals surface area contributed by atoms with Gasteiger partial charge < -0.3 is 9.64 Å². The van der Waals surface area contributed by atoms with Gasteiger partial charge in [0, 0.05) is 13.1 Å². The van der Waals surface area contributed by atoms with E-state index in [-0.39, 0.29) is 5.91 Å². The first-order valence-corrected chi connectivity index (χ1v) is 8.75. The molecule has 0 unspecified atom stereocenters. The third-order valence-electron chi connectivity index (χ3n) is 4.31. The molecule has 0 spiro atoms. The Morgan fingerprint density at radius 1 is 1.08 bits per heavy atom. The van der Waals surface area contributed by atoms with Crippen molar-refractivity contribution in [3.63, 3.8) is 0 Å². The Labute approximate surface area is 153 Å². The number of hydrogen-bond donors (Lipinski definition) is 0. The van der Waals surface area contributed by atoms with Crippen molar-refractivity contribution in [3.8, 4) is 11.4 Å². The fraction of sp³-hybridized carbons (Fsp3) is 0.238. The number of amides is 1. The average Bonchev–Trinajstić information content (AvgIpc) is 3.14. The first-order chi connectivity index (χ1) is 12.7. The number of aromatic nitrogens is 2. The van der Waals surface area contributed by atoms with Crippen molar-refractivity contribution in [2.75, 3.05) is 20.2 Å². The molecule has 0 saturated heterocycles. The highest BCUT2D eigenvalue weighted by Gasteiger charge is 2.23. The van der Waals surface area contributed by atoms with Gasteiger partial charge in [-0.15, -0.1) is 0 Å². The van der Waals surface area contributed by atoms with Gasteiger partial charge in [-0.25, -0.2) is 4.68 Å². The van der Waals surface area contributed by atoms with Crippen LogP contribution in [-0.4, -0.2) is 40.8 Å². The van der Waals surface area contributed by atoms with Gasteiger partial charge in [-0.3, -0.25) is 4.79 Å². The van der Waals surface area contributed by atoms with E-state index >= 15 is 0 Å². The van der Waals surface area contributed by atoms with Crippen molar-refractivity contribution in [2.24, 2.45) is 0 Å². The summed E-state index contributed by atoms with van der Waals surface area (Å²) < 4.78 is 7.07. The molecular formula is C21H23N3O2. The van der Waals surface area contributed by atoms with Crippen molar-refractivity contribution in [2.45, 2.75) is 13.3 Å². The van der Waals surface area contributed by atoms with Gasteiger partial charge in [0.25, 0.3) is 5.91 Å². The number of likely N-dealkylation sites (N-methyl/N-ethyl adjacent to an activating group) is 1. The number of carbonyl (C=O) groups is 1. The van der Waals surface area contributed by atoms with Crippen LogP contribution < -0.4 is 4.74 Å². The van der Waals surface area contributed by atoms with Crippen LogP contribution in [0.3, 0.4) is 0 Å². The summed E-state index contributed by atoms with van der Waals surface area (Å²) in [5, 5.41) is 4.48. The maximum absolute atomic E-state index is 13.0. The predicted octanol–water partition coefficient (Wildman–Crippen LogP) is 3.59. The summed E-state index contributed by atoms with van der Waals surface area (Å²) >= 11 is 0. The molecule has 2 aromatic carbocycles. The van der Waals surface area contributed by atoms with Crippen LogP contribution >= 0.6 is 0 Å². The molecule has 0 aliphatic heterocycles. The fourth-order valence-corrected chi connectivity index (χ4v) is 2.83. The number of para-hydroxylation sites is 1. The number of ether oxygens (including phenoxy) is 1. The molecule has 3 rings (SSSR count). The molecule has 5 nitrogen and oxygen atoms in total. The Hall–Kier alpha value is -3.08. The summed E-state index contributed by atoms with van der Waals surface area (Å²) in [6, 6.07) is 19.8. The maximum atomic E-state index is 13.0. The number of methoxy groups -OCH3 is 1. The lowest BCUT2D eigenvalue weighted by Gasteiger charge is -2.20. The molecule has 0 aliphatic carbocycles. The summed E-state index contributed by atoms with van der Waals surface area (Å²) in [5.41, 5.74) is 2.43. The Morgan fingerprint density at radius 3 is 2.35 bits per heavy atom. The number of carbonyl (C=O) groups excluding carboxylic acids is 1. The first kappa shape index (κ1) is 17.7. The van der Waals surface area contributed by atoms with Crippen LogP contribution in [-0.2, 0) is 6.42 Å². The zero-order valence-electron chi connectivity index (χ0n) is 15.1. The molecule has 1 aromatic heterocycles. The van der Waals surface area contributed by atoms with E-state index < -0.39 is 0 Å². The van der Waals surface area contributed by atoms with Crippen molar-refractivity contribution in [3.05, 3.63) is 78.1 Å². The first-order valence-electron chi connectivity index (χ1n) is 8.75. The number of benzene rings is 2. The standard InChI is InChI=1S/C21H23N3O2/c1-3-23(15-14-17-10-6-4-7-11-17)21(25)20-19(26-2)16-24(22-20)18-12-8-5-9-13-18/h4-13,16H,3,14-15H2,1-2H3. The lowest BCUT2D eigenvalue weighted by Crippen LogP contribution is -2.33. The largest absolute Gasteiger partial charge is 0.493 e. The van der Waals surface area contributed by atoms with Crippen molar-refractivity contribution >= 4 is 5.91 Å². The lowest BCUT2D eigenvalue weighted by atomic mass is 10.1. The molecule has 0 N–H and O–H groups in total. The zero-order valence-corrected chi connectivity index (χ0v) is 15.1. The summed E-state index contributed by atoms with van der Waals surface area (Å²) in [6.45, 7) is 3.23. The Kier molecular flexibility index (Phi) is 5.69. The van der Waals surface area contributed by atoms with Gasteiger partial charge in [-0.2, -0.15) is 5.10 Å². The molecule has 0 aliphatic rings. The second kappa shape index (κ2) is 8.34. The van der Waals surface area contributed by atoms with Gasteiger partial charge in [0.05, 0.1) is 19.0 Å². The number of hydrogen-bond acceptors (Lipinski definition) is 3. The van der Waals surface area contributed by atoms with Crippen LogP contribution in [0.15, 0.2) is 66.9 Å². The minimum atomic E-state index is -0.116. The smallest absolute Gasteiger partial charge is 0.278 e. The van der Waals surface area contributed by atoms with E-state index in [0.29, 0.717) is 24.5 Å². The Bertz CT molecular complexity index is 844. The summed E-state index contributed by atoms with van der Waals surface area (Å²) in [5.74, 6) is 0.368. The highest BCUT2D eigenvalue weighted by Crippen LogP contribution is 2.21. The number of rotatable bonds is 7. The molecule has 134 valence electrons. The molecule has 0 atom stereocenters. The van der Waals surface area contributed by atoms with Crippen LogP contribution in [0.4, 0.5) is 0 Å². The average molecular weight is 349 g/mol. The van der Waals surface area contributed by atoms with Crippen molar-refractivity contribution in [1.29, 1.82) is 0 Å². The van der Waals surface area contributed by atoms with Crippen molar-refractivity contribution in [1.82, 2.24) is 14.7 Å². The van der Waals surface area contributed by atoms with Crippen LogP contribution in [0, 0.1) is 0 Å². The molecule has 3 aromatic rings. The molecule has 5 heteroatoms. The highest BCUT2D eigenvalue weighted by atomic mass is 16.5. The molecule has 1 amide bonds. The minimum absolute atomic E-state index is 0.116. The van der Waals surface area contributed by atoms with E-state index in [9.17, 15) is 4.79 Å². The zero-order chi connectivity index (χ0) is 18.4. The third-order valence-corrected chi connectivity index (χ3v) is 4.31. The maximum Gasteiger partial charge on any atom is 0.278 e. The van der Waals surface area contributed by atoms with E-state index in [1.165, 1.54) is 5.56 Å². The molecule has 26 heavy (non-hydrogen) atoms.